The van der Waals surface area contributed by atoms with E-state index in [-0.39, 0.29) is 24.0 Å². The molecule has 180 valence electrons. The minimum absolute atomic E-state index is 0. The molecule has 0 aliphatic carbocycles. The SMILES string of the molecule is CCNC(=NCC(c1ccc(OC)cc1)N1CCCC1)N1CCC(N2CCOCC2)C1.I. The number of rotatable bonds is 7. The summed E-state index contributed by atoms with van der Waals surface area (Å²) in [4.78, 5) is 12.8. The Labute approximate surface area is 210 Å². The molecule has 1 aromatic carbocycles. The van der Waals surface area contributed by atoms with E-state index in [0.29, 0.717) is 12.1 Å². The van der Waals surface area contributed by atoms with Gasteiger partial charge in [0.25, 0.3) is 0 Å². The van der Waals surface area contributed by atoms with Crippen LogP contribution in [0.15, 0.2) is 29.3 Å². The number of ether oxygens (including phenoxy) is 2. The summed E-state index contributed by atoms with van der Waals surface area (Å²) < 4.78 is 10.9. The first-order valence-electron chi connectivity index (χ1n) is 12.0. The van der Waals surface area contributed by atoms with Gasteiger partial charge in [-0.3, -0.25) is 14.8 Å². The summed E-state index contributed by atoms with van der Waals surface area (Å²) in [5, 5.41) is 3.56. The number of halogens is 1. The van der Waals surface area contributed by atoms with Gasteiger partial charge in [0.1, 0.15) is 5.75 Å². The molecular weight excluding hydrogens is 517 g/mol. The van der Waals surface area contributed by atoms with E-state index >= 15 is 0 Å². The van der Waals surface area contributed by atoms with Crippen molar-refractivity contribution in [3.63, 3.8) is 0 Å². The molecule has 0 amide bonds. The molecule has 4 rings (SSSR count). The van der Waals surface area contributed by atoms with Gasteiger partial charge in [0.15, 0.2) is 5.96 Å². The van der Waals surface area contributed by atoms with Gasteiger partial charge in [-0.05, 0) is 57.0 Å². The molecule has 32 heavy (non-hydrogen) atoms. The van der Waals surface area contributed by atoms with Gasteiger partial charge in [-0.1, -0.05) is 12.1 Å². The minimum atomic E-state index is 0. The van der Waals surface area contributed by atoms with Crippen LogP contribution in [0.1, 0.15) is 37.8 Å². The van der Waals surface area contributed by atoms with E-state index in [2.05, 4.69) is 51.2 Å². The zero-order valence-electron chi connectivity index (χ0n) is 19.7. The largest absolute Gasteiger partial charge is 0.497 e. The fraction of sp³-hybridized carbons (Fsp3) is 0.708. The average molecular weight is 558 g/mol. The first-order chi connectivity index (χ1) is 15.3. The lowest BCUT2D eigenvalue weighted by Gasteiger charge is -2.32. The number of methoxy groups -OCH3 is 1. The van der Waals surface area contributed by atoms with E-state index < -0.39 is 0 Å². The summed E-state index contributed by atoms with van der Waals surface area (Å²) >= 11 is 0. The molecule has 8 heteroatoms. The van der Waals surface area contributed by atoms with Gasteiger partial charge in [-0.2, -0.15) is 0 Å². The Bertz CT molecular complexity index is 705. The number of hydrogen-bond acceptors (Lipinski definition) is 5. The van der Waals surface area contributed by atoms with Gasteiger partial charge < -0.3 is 19.7 Å². The number of aliphatic imine (C=N–C) groups is 1. The Balaban J connectivity index is 0.00000289. The Kier molecular flexibility index (Phi) is 10.3. The monoisotopic (exact) mass is 557 g/mol. The van der Waals surface area contributed by atoms with E-state index in [9.17, 15) is 0 Å². The van der Waals surface area contributed by atoms with Crippen molar-refractivity contribution in [2.45, 2.75) is 38.3 Å². The molecule has 0 saturated carbocycles. The highest BCUT2D eigenvalue weighted by Gasteiger charge is 2.31. The molecule has 3 saturated heterocycles. The maximum absolute atomic E-state index is 5.54. The Morgan fingerprint density at radius 2 is 1.84 bits per heavy atom. The number of benzene rings is 1. The van der Waals surface area contributed by atoms with Crippen LogP contribution >= 0.6 is 24.0 Å². The Morgan fingerprint density at radius 1 is 1.12 bits per heavy atom. The van der Waals surface area contributed by atoms with Gasteiger partial charge in [0.2, 0.25) is 0 Å². The highest BCUT2D eigenvalue weighted by molar-refractivity contribution is 14.0. The summed E-state index contributed by atoms with van der Waals surface area (Å²) in [7, 11) is 1.72. The smallest absolute Gasteiger partial charge is 0.194 e. The van der Waals surface area contributed by atoms with Crippen LogP contribution in [0, 0.1) is 0 Å². The third-order valence-electron chi connectivity index (χ3n) is 6.86. The summed E-state index contributed by atoms with van der Waals surface area (Å²) in [5.41, 5.74) is 1.33. The van der Waals surface area contributed by atoms with E-state index in [1.54, 1.807) is 7.11 Å². The van der Waals surface area contributed by atoms with E-state index in [1.807, 2.05) is 0 Å². The van der Waals surface area contributed by atoms with Crippen molar-refractivity contribution in [1.29, 1.82) is 0 Å². The molecule has 2 unspecified atom stereocenters. The van der Waals surface area contributed by atoms with Crippen molar-refractivity contribution < 1.29 is 9.47 Å². The maximum Gasteiger partial charge on any atom is 0.194 e. The number of morpholine rings is 1. The lowest BCUT2D eigenvalue weighted by atomic mass is 10.1. The number of nitrogens with one attached hydrogen (secondary N) is 1. The van der Waals surface area contributed by atoms with Crippen molar-refractivity contribution in [3.8, 4) is 5.75 Å². The van der Waals surface area contributed by atoms with Gasteiger partial charge in [-0.25, -0.2) is 0 Å². The first-order valence-corrected chi connectivity index (χ1v) is 12.0. The quantitative estimate of drug-likeness (QED) is 0.316. The molecule has 3 aliphatic rings. The highest BCUT2D eigenvalue weighted by Crippen LogP contribution is 2.27. The van der Waals surface area contributed by atoms with Crippen LogP contribution in [0.3, 0.4) is 0 Å². The molecule has 1 N–H and O–H groups in total. The minimum Gasteiger partial charge on any atom is -0.497 e. The second-order valence-corrected chi connectivity index (χ2v) is 8.76. The highest BCUT2D eigenvalue weighted by atomic mass is 127. The van der Waals surface area contributed by atoms with Crippen molar-refractivity contribution >= 4 is 29.9 Å². The standard InChI is InChI=1S/C24H39N5O2.HI/c1-3-25-24(29-13-10-21(19-29)27-14-16-31-17-15-27)26-18-23(28-11-4-5-12-28)20-6-8-22(30-2)9-7-20;/h6-9,21,23H,3-5,10-19H2,1-2H3,(H,25,26);1H. The number of guanidine groups is 1. The van der Waals surface area contributed by atoms with Crippen molar-refractivity contribution in [2.24, 2.45) is 4.99 Å². The molecule has 1 aromatic rings. The third-order valence-corrected chi connectivity index (χ3v) is 6.86. The molecule has 3 aliphatic heterocycles. The zero-order chi connectivity index (χ0) is 21.5. The van der Waals surface area contributed by atoms with Crippen LogP contribution in [0.5, 0.6) is 5.75 Å². The van der Waals surface area contributed by atoms with Gasteiger partial charge in [0, 0.05) is 38.8 Å². The molecule has 3 heterocycles. The lowest BCUT2D eigenvalue weighted by molar-refractivity contribution is 0.0195. The second-order valence-electron chi connectivity index (χ2n) is 8.76. The van der Waals surface area contributed by atoms with E-state index in [4.69, 9.17) is 14.5 Å². The van der Waals surface area contributed by atoms with E-state index in [0.717, 1.165) is 77.3 Å². The number of likely N-dealkylation sites (tertiary alicyclic amines) is 2. The summed E-state index contributed by atoms with van der Waals surface area (Å²) in [6, 6.07) is 9.48. The number of nitrogens with zero attached hydrogens (tertiary/aromatic N) is 4. The molecule has 0 spiro atoms. The molecule has 7 nitrogen and oxygen atoms in total. The maximum atomic E-state index is 5.54. The van der Waals surface area contributed by atoms with E-state index in [1.165, 1.54) is 24.8 Å². The zero-order valence-corrected chi connectivity index (χ0v) is 22.0. The van der Waals surface area contributed by atoms with Crippen LogP contribution in [0.4, 0.5) is 0 Å². The predicted molar refractivity (Wildman–Crippen MR) is 140 cm³/mol. The fourth-order valence-electron chi connectivity index (χ4n) is 5.08. The lowest BCUT2D eigenvalue weighted by Crippen LogP contribution is -2.46. The number of hydrogen-bond donors (Lipinski definition) is 1. The summed E-state index contributed by atoms with van der Waals surface area (Å²) in [6.45, 7) is 12.1. The molecule has 0 radical (unpaired) electrons. The Hall–Kier alpha value is -1.10. The van der Waals surface area contributed by atoms with Crippen molar-refractivity contribution in [3.05, 3.63) is 29.8 Å². The topological polar surface area (TPSA) is 52.6 Å². The molecule has 0 aromatic heterocycles. The summed E-state index contributed by atoms with van der Waals surface area (Å²) in [6.07, 6.45) is 3.77. The second kappa shape index (κ2) is 13.0. The molecule has 0 bridgehead atoms. The fourth-order valence-corrected chi connectivity index (χ4v) is 5.08. The van der Waals surface area contributed by atoms with Gasteiger partial charge in [0.05, 0.1) is 32.9 Å². The van der Waals surface area contributed by atoms with Gasteiger partial charge >= 0.3 is 0 Å². The molecule has 3 fully saturated rings. The van der Waals surface area contributed by atoms with Crippen LogP contribution < -0.4 is 10.1 Å². The van der Waals surface area contributed by atoms with Crippen LogP contribution in [0.2, 0.25) is 0 Å². The van der Waals surface area contributed by atoms with Crippen LogP contribution in [-0.2, 0) is 4.74 Å². The summed E-state index contributed by atoms with van der Waals surface area (Å²) in [5.74, 6) is 1.97. The van der Waals surface area contributed by atoms with Crippen molar-refractivity contribution in [1.82, 2.24) is 20.0 Å². The normalized spacial score (nSPS) is 23.8. The van der Waals surface area contributed by atoms with Gasteiger partial charge in [-0.15, -0.1) is 24.0 Å². The molecular formula is C24H40IN5O2. The molecule has 2 atom stereocenters. The van der Waals surface area contributed by atoms with Crippen molar-refractivity contribution in [2.75, 3.05) is 72.7 Å². The Morgan fingerprint density at radius 3 is 2.50 bits per heavy atom. The third kappa shape index (κ3) is 6.48. The predicted octanol–water partition coefficient (Wildman–Crippen LogP) is 2.82. The average Bonchev–Trinajstić information content (AvgIpc) is 3.52. The first kappa shape index (κ1) is 25.5. The van der Waals surface area contributed by atoms with Crippen LogP contribution in [0.25, 0.3) is 0 Å². The van der Waals surface area contributed by atoms with Crippen LogP contribution in [-0.4, -0.2) is 99.4 Å².